The lowest BCUT2D eigenvalue weighted by molar-refractivity contribution is 0.171. The van der Waals surface area contributed by atoms with Crippen molar-refractivity contribution in [3.8, 4) is 0 Å². The molecule has 1 atom stereocenters. The van der Waals surface area contributed by atoms with E-state index in [0.29, 0.717) is 31.3 Å². The Hall–Kier alpha value is -1.24. The SMILES string of the molecule is COCC(C)NCc1noc(Cc2cccs2)n1. The van der Waals surface area contributed by atoms with Crippen molar-refractivity contribution in [3.05, 3.63) is 34.1 Å². The molecule has 2 rings (SSSR count). The van der Waals surface area contributed by atoms with Crippen LogP contribution in [0.2, 0.25) is 0 Å². The van der Waals surface area contributed by atoms with Crippen LogP contribution in [0, 0.1) is 0 Å². The van der Waals surface area contributed by atoms with Crippen molar-refractivity contribution in [1.82, 2.24) is 15.5 Å². The van der Waals surface area contributed by atoms with Gasteiger partial charge in [0.05, 0.1) is 19.6 Å². The maximum absolute atomic E-state index is 5.20. The summed E-state index contributed by atoms with van der Waals surface area (Å²) in [6.45, 7) is 3.31. The zero-order valence-corrected chi connectivity index (χ0v) is 11.4. The van der Waals surface area contributed by atoms with Gasteiger partial charge in [-0.3, -0.25) is 0 Å². The highest BCUT2D eigenvalue weighted by atomic mass is 32.1. The highest BCUT2D eigenvalue weighted by Gasteiger charge is 2.08. The van der Waals surface area contributed by atoms with Crippen molar-refractivity contribution in [2.45, 2.75) is 25.9 Å². The van der Waals surface area contributed by atoms with Crippen molar-refractivity contribution >= 4 is 11.3 Å². The molecule has 5 nitrogen and oxygen atoms in total. The molecule has 98 valence electrons. The van der Waals surface area contributed by atoms with Crippen LogP contribution in [0.5, 0.6) is 0 Å². The van der Waals surface area contributed by atoms with Gasteiger partial charge in [-0.1, -0.05) is 11.2 Å². The number of thiophene rings is 1. The van der Waals surface area contributed by atoms with Gasteiger partial charge in [-0.15, -0.1) is 11.3 Å². The predicted molar refractivity (Wildman–Crippen MR) is 69.6 cm³/mol. The highest BCUT2D eigenvalue weighted by molar-refractivity contribution is 7.09. The second-order valence-corrected chi connectivity index (χ2v) is 5.13. The number of methoxy groups -OCH3 is 1. The van der Waals surface area contributed by atoms with Gasteiger partial charge in [-0.05, 0) is 18.4 Å². The van der Waals surface area contributed by atoms with Gasteiger partial charge in [0.15, 0.2) is 5.82 Å². The Kier molecular flexibility index (Phi) is 4.86. The van der Waals surface area contributed by atoms with Crippen LogP contribution in [0.15, 0.2) is 22.0 Å². The van der Waals surface area contributed by atoms with Gasteiger partial charge in [0, 0.05) is 18.0 Å². The molecule has 2 aromatic heterocycles. The average molecular weight is 267 g/mol. The predicted octanol–water partition coefficient (Wildman–Crippen LogP) is 1.85. The zero-order valence-electron chi connectivity index (χ0n) is 10.5. The van der Waals surface area contributed by atoms with Crippen molar-refractivity contribution in [1.29, 1.82) is 0 Å². The monoisotopic (exact) mass is 267 g/mol. The molecular formula is C12H17N3O2S. The molecule has 0 fully saturated rings. The molecule has 2 heterocycles. The van der Waals surface area contributed by atoms with Crippen molar-refractivity contribution in [2.75, 3.05) is 13.7 Å². The molecule has 0 radical (unpaired) electrons. The molecule has 0 amide bonds. The molecule has 0 aromatic carbocycles. The summed E-state index contributed by atoms with van der Waals surface area (Å²) in [5, 5.41) is 9.25. The number of rotatable bonds is 7. The van der Waals surface area contributed by atoms with E-state index >= 15 is 0 Å². The first-order valence-electron chi connectivity index (χ1n) is 5.84. The molecule has 6 heteroatoms. The first-order valence-corrected chi connectivity index (χ1v) is 6.72. The van der Waals surface area contributed by atoms with Gasteiger partial charge in [0.25, 0.3) is 0 Å². The molecule has 0 spiro atoms. The summed E-state index contributed by atoms with van der Waals surface area (Å²) in [5.41, 5.74) is 0. The van der Waals surface area contributed by atoms with Crippen molar-refractivity contribution < 1.29 is 9.26 Å². The average Bonchev–Trinajstić information content (AvgIpc) is 2.99. The molecule has 0 saturated carbocycles. The Balaban J connectivity index is 1.82. The molecule has 18 heavy (non-hydrogen) atoms. The van der Waals surface area contributed by atoms with Crippen LogP contribution < -0.4 is 5.32 Å². The molecule has 0 aliphatic heterocycles. The van der Waals surface area contributed by atoms with Gasteiger partial charge >= 0.3 is 0 Å². The minimum Gasteiger partial charge on any atom is -0.383 e. The maximum Gasteiger partial charge on any atom is 0.231 e. The number of hydrogen-bond acceptors (Lipinski definition) is 6. The summed E-state index contributed by atoms with van der Waals surface area (Å²) in [7, 11) is 1.69. The van der Waals surface area contributed by atoms with Crippen LogP contribution in [0.1, 0.15) is 23.5 Å². The van der Waals surface area contributed by atoms with Crippen molar-refractivity contribution in [2.24, 2.45) is 0 Å². The van der Waals surface area contributed by atoms with Crippen LogP contribution in [-0.4, -0.2) is 29.9 Å². The van der Waals surface area contributed by atoms with Crippen molar-refractivity contribution in [3.63, 3.8) is 0 Å². The van der Waals surface area contributed by atoms with E-state index in [1.807, 2.05) is 11.4 Å². The number of aromatic nitrogens is 2. The Morgan fingerprint density at radius 3 is 3.17 bits per heavy atom. The molecule has 0 bridgehead atoms. The molecule has 1 N–H and O–H groups in total. The summed E-state index contributed by atoms with van der Waals surface area (Å²) in [6.07, 6.45) is 0.707. The fraction of sp³-hybridized carbons (Fsp3) is 0.500. The zero-order chi connectivity index (χ0) is 12.8. The third-order valence-corrected chi connectivity index (χ3v) is 3.32. The van der Waals surface area contributed by atoms with Gasteiger partial charge in [-0.25, -0.2) is 0 Å². The maximum atomic E-state index is 5.20. The second-order valence-electron chi connectivity index (χ2n) is 4.10. The third kappa shape index (κ3) is 3.90. The normalized spacial score (nSPS) is 12.8. The van der Waals surface area contributed by atoms with Gasteiger partial charge in [0.2, 0.25) is 5.89 Å². The lowest BCUT2D eigenvalue weighted by Gasteiger charge is -2.09. The highest BCUT2D eigenvalue weighted by Crippen LogP contribution is 2.13. The van der Waals surface area contributed by atoms with Crippen LogP contribution in [-0.2, 0) is 17.7 Å². The van der Waals surface area contributed by atoms with Gasteiger partial charge in [-0.2, -0.15) is 4.98 Å². The number of nitrogens with one attached hydrogen (secondary N) is 1. The number of hydrogen-bond donors (Lipinski definition) is 1. The standard InChI is InChI=1S/C12H17N3O2S/c1-9(8-16-2)13-7-11-14-12(17-15-11)6-10-4-3-5-18-10/h3-5,9,13H,6-8H2,1-2H3. The molecule has 0 saturated heterocycles. The molecular weight excluding hydrogens is 250 g/mol. The molecule has 0 aliphatic rings. The van der Waals surface area contributed by atoms with E-state index in [9.17, 15) is 0 Å². The van der Waals surface area contributed by atoms with Gasteiger partial charge < -0.3 is 14.6 Å². The summed E-state index contributed by atoms with van der Waals surface area (Å²) in [6, 6.07) is 4.35. The summed E-state index contributed by atoms with van der Waals surface area (Å²) in [4.78, 5) is 5.57. The summed E-state index contributed by atoms with van der Waals surface area (Å²) in [5.74, 6) is 1.35. The lowest BCUT2D eigenvalue weighted by atomic mass is 10.3. The molecule has 1 unspecified atom stereocenters. The van der Waals surface area contributed by atoms with Crippen LogP contribution >= 0.6 is 11.3 Å². The number of ether oxygens (including phenoxy) is 1. The minimum absolute atomic E-state index is 0.272. The summed E-state index contributed by atoms with van der Waals surface area (Å²) < 4.78 is 10.2. The first kappa shape index (κ1) is 13.2. The lowest BCUT2D eigenvalue weighted by Crippen LogP contribution is -2.29. The van der Waals surface area contributed by atoms with E-state index in [-0.39, 0.29) is 6.04 Å². The Bertz CT molecular complexity index is 456. The van der Waals surface area contributed by atoms with E-state index in [4.69, 9.17) is 9.26 Å². The molecule has 0 aliphatic carbocycles. The topological polar surface area (TPSA) is 60.2 Å². The quantitative estimate of drug-likeness (QED) is 0.829. The van der Waals surface area contributed by atoms with Gasteiger partial charge in [0.1, 0.15) is 0 Å². The van der Waals surface area contributed by atoms with Crippen LogP contribution in [0.4, 0.5) is 0 Å². The summed E-state index contributed by atoms with van der Waals surface area (Å²) >= 11 is 1.69. The number of nitrogens with zero attached hydrogens (tertiary/aromatic N) is 2. The molecule has 2 aromatic rings. The van der Waals surface area contributed by atoms with E-state index in [1.54, 1.807) is 18.4 Å². The fourth-order valence-corrected chi connectivity index (χ4v) is 2.27. The third-order valence-electron chi connectivity index (χ3n) is 2.44. The first-order chi connectivity index (χ1) is 8.78. The van der Waals surface area contributed by atoms with E-state index in [2.05, 4.69) is 28.4 Å². The van der Waals surface area contributed by atoms with Crippen LogP contribution in [0.3, 0.4) is 0 Å². The smallest absolute Gasteiger partial charge is 0.231 e. The Labute approximate surface area is 110 Å². The van der Waals surface area contributed by atoms with E-state index < -0.39 is 0 Å². The largest absolute Gasteiger partial charge is 0.383 e. The van der Waals surface area contributed by atoms with Crippen LogP contribution in [0.25, 0.3) is 0 Å². The second kappa shape index (κ2) is 6.63. The fourth-order valence-electron chi connectivity index (χ4n) is 1.57. The van der Waals surface area contributed by atoms with E-state index in [0.717, 1.165) is 0 Å². The Morgan fingerprint density at radius 1 is 1.56 bits per heavy atom. The Morgan fingerprint density at radius 2 is 2.44 bits per heavy atom. The minimum atomic E-state index is 0.272. The van der Waals surface area contributed by atoms with E-state index in [1.165, 1.54) is 4.88 Å².